The lowest BCUT2D eigenvalue weighted by Crippen LogP contribution is -2.03. The van der Waals surface area contributed by atoms with Crippen LogP contribution in [0.1, 0.15) is 5.56 Å². The zero-order chi connectivity index (χ0) is 11.3. The van der Waals surface area contributed by atoms with Crippen molar-refractivity contribution in [1.29, 1.82) is 0 Å². The van der Waals surface area contributed by atoms with Gasteiger partial charge in [-0.15, -0.1) is 0 Å². The maximum absolute atomic E-state index is 5.45. The third-order valence-corrected chi connectivity index (χ3v) is 2.75. The van der Waals surface area contributed by atoms with E-state index >= 15 is 0 Å². The largest absolute Gasteiger partial charge is 0.466 e. The van der Waals surface area contributed by atoms with E-state index in [0.29, 0.717) is 6.61 Å². The number of hydrogen-bond acceptors (Lipinski definition) is 3. The summed E-state index contributed by atoms with van der Waals surface area (Å²) in [5.41, 5.74) is 0.968. The molecule has 0 aromatic heterocycles. The van der Waals surface area contributed by atoms with Gasteiger partial charge in [0.2, 0.25) is 0 Å². The number of methoxy groups -OCH3 is 2. The van der Waals surface area contributed by atoms with Gasteiger partial charge in [-0.25, -0.2) is 0 Å². The standard InChI is InChI=1S/C10H12Br2O3/c1-13-5-7-3-8(11)4-9(12)10(7)15-6-14-2/h3-4H,5-6H2,1-2H3. The molecule has 0 amide bonds. The molecule has 0 aliphatic carbocycles. The van der Waals surface area contributed by atoms with E-state index in [2.05, 4.69) is 31.9 Å². The lowest BCUT2D eigenvalue weighted by atomic mass is 10.2. The lowest BCUT2D eigenvalue weighted by Gasteiger charge is -2.12. The molecule has 0 saturated carbocycles. The van der Waals surface area contributed by atoms with Crippen molar-refractivity contribution in [2.24, 2.45) is 0 Å². The van der Waals surface area contributed by atoms with Gasteiger partial charge in [0.1, 0.15) is 5.75 Å². The summed E-state index contributed by atoms with van der Waals surface area (Å²) in [6.45, 7) is 0.716. The maximum Gasteiger partial charge on any atom is 0.188 e. The molecule has 0 aliphatic rings. The molecule has 0 saturated heterocycles. The van der Waals surface area contributed by atoms with Crippen LogP contribution in [0.3, 0.4) is 0 Å². The van der Waals surface area contributed by atoms with E-state index in [9.17, 15) is 0 Å². The molecule has 0 spiro atoms. The van der Waals surface area contributed by atoms with Gasteiger partial charge < -0.3 is 14.2 Å². The van der Waals surface area contributed by atoms with Gasteiger partial charge in [-0.3, -0.25) is 0 Å². The predicted octanol–water partition coefficient (Wildman–Crippen LogP) is 3.34. The van der Waals surface area contributed by atoms with E-state index in [1.54, 1.807) is 14.2 Å². The molecule has 0 fully saturated rings. The molecule has 1 aromatic carbocycles. The quantitative estimate of drug-likeness (QED) is 0.770. The maximum atomic E-state index is 5.45. The average Bonchev–Trinajstić information content (AvgIpc) is 2.17. The highest BCUT2D eigenvalue weighted by Crippen LogP contribution is 2.33. The van der Waals surface area contributed by atoms with Crippen molar-refractivity contribution >= 4 is 31.9 Å². The van der Waals surface area contributed by atoms with E-state index in [1.165, 1.54) is 0 Å². The molecule has 1 rings (SSSR count). The first-order valence-electron chi connectivity index (χ1n) is 4.27. The highest BCUT2D eigenvalue weighted by atomic mass is 79.9. The molecule has 0 unspecified atom stereocenters. The lowest BCUT2D eigenvalue weighted by molar-refractivity contribution is 0.0483. The second-order valence-corrected chi connectivity index (χ2v) is 4.63. The zero-order valence-electron chi connectivity index (χ0n) is 8.55. The molecule has 0 aliphatic heterocycles. The van der Waals surface area contributed by atoms with Gasteiger partial charge in [0.05, 0.1) is 11.1 Å². The van der Waals surface area contributed by atoms with Crippen molar-refractivity contribution in [2.45, 2.75) is 6.61 Å². The molecule has 15 heavy (non-hydrogen) atoms. The smallest absolute Gasteiger partial charge is 0.188 e. The third kappa shape index (κ3) is 3.75. The fourth-order valence-electron chi connectivity index (χ4n) is 1.16. The molecule has 1 aromatic rings. The Kier molecular flexibility index (Phi) is 5.60. The fraction of sp³-hybridized carbons (Fsp3) is 0.400. The van der Waals surface area contributed by atoms with Gasteiger partial charge in [0.15, 0.2) is 6.79 Å². The summed E-state index contributed by atoms with van der Waals surface area (Å²) < 4.78 is 17.3. The first-order valence-corrected chi connectivity index (χ1v) is 5.86. The number of hydrogen-bond donors (Lipinski definition) is 0. The second kappa shape index (κ2) is 6.48. The van der Waals surface area contributed by atoms with E-state index in [0.717, 1.165) is 20.3 Å². The number of ether oxygens (including phenoxy) is 3. The van der Waals surface area contributed by atoms with Crippen molar-refractivity contribution in [3.05, 3.63) is 26.6 Å². The van der Waals surface area contributed by atoms with Crippen molar-refractivity contribution in [1.82, 2.24) is 0 Å². The first-order chi connectivity index (χ1) is 7.19. The van der Waals surface area contributed by atoms with Gasteiger partial charge >= 0.3 is 0 Å². The average molecular weight is 340 g/mol. The van der Waals surface area contributed by atoms with Crippen molar-refractivity contribution in [2.75, 3.05) is 21.0 Å². The van der Waals surface area contributed by atoms with Crippen LogP contribution in [-0.2, 0) is 16.1 Å². The van der Waals surface area contributed by atoms with Crippen LogP contribution in [0, 0.1) is 0 Å². The van der Waals surface area contributed by atoms with Crippen LogP contribution in [0.4, 0.5) is 0 Å². The van der Waals surface area contributed by atoms with Crippen LogP contribution in [0.2, 0.25) is 0 Å². The Bertz CT molecular complexity index is 329. The van der Waals surface area contributed by atoms with Gasteiger partial charge in [0.25, 0.3) is 0 Å². The minimum atomic E-state index is 0.219. The molecule has 3 nitrogen and oxygen atoms in total. The summed E-state index contributed by atoms with van der Waals surface area (Å²) in [6, 6.07) is 3.88. The Morgan fingerprint density at radius 3 is 2.47 bits per heavy atom. The van der Waals surface area contributed by atoms with Crippen molar-refractivity contribution < 1.29 is 14.2 Å². The van der Waals surface area contributed by atoms with Crippen molar-refractivity contribution in [3.63, 3.8) is 0 Å². The summed E-state index contributed by atoms with van der Waals surface area (Å²) in [4.78, 5) is 0. The monoisotopic (exact) mass is 338 g/mol. The summed E-state index contributed by atoms with van der Waals surface area (Å²) in [5.74, 6) is 0.752. The third-order valence-electron chi connectivity index (χ3n) is 1.71. The highest BCUT2D eigenvalue weighted by Gasteiger charge is 2.09. The first kappa shape index (κ1) is 13.0. The second-order valence-electron chi connectivity index (χ2n) is 2.86. The van der Waals surface area contributed by atoms with Crippen LogP contribution in [0.5, 0.6) is 5.75 Å². The van der Waals surface area contributed by atoms with Crippen LogP contribution in [0.25, 0.3) is 0 Å². The number of halogens is 2. The Hall–Kier alpha value is -0.100. The van der Waals surface area contributed by atoms with Gasteiger partial charge in [-0.2, -0.15) is 0 Å². The Morgan fingerprint density at radius 2 is 1.87 bits per heavy atom. The van der Waals surface area contributed by atoms with Crippen LogP contribution < -0.4 is 4.74 Å². The molecule has 0 radical (unpaired) electrons. The summed E-state index contributed by atoms with van der Waals surface area (Å²) in [7, 11) is 3.23. The Balaban J connectivity index is 2.97. The Labute approximate surface area is 106 Å². The van der Waals surface area contributed by atoms with Crippen LogP contribution >= 0.6 is 31.9 Å². The number of rotatable bonds is 5. The van der Waals surface area contributed by atoms with Gasteiger partial charge in [0, 0.05) is 24.3 Å². The van der Waals surface area contributed by atoms with E-state index in [4.69, 9.17) is 14.2 Å². The molecule has 0 atom stereocenters. The van der Waals surface area contributed by atoms with E-state index < -0.39 is 0 Å². The normalized spacial score (nSPS) is 10.4. The molecule has 0 heterocycles. The summed E-state index contributed by atoms with van der Waals surface area (Å²) in [6.07, 6.45) is 0. The topological polar surface area (TPSA) is 27.7 Å². The minimum absolute atomic E-state index is 0.219. The molecule has 0 N–H and O–H groups in total. The Morgan fingerprint density at radius 1 is 1.13 bits per heavy atom. The van der Waals surface area contributed by atoms with Crippen LogP contribution in [-0.4, -0.2) is 21.0 Å². The summed E-state index contributed by atoms with van der Waals surface area (Å²) in [5, 5.41) is 0. The summed E-state index contributed by atoms with van der Waals surface area (Å²) >= 11 is 6.84. The SMILES string of the molecule is COCOc1c(Br)cc(Br)cc1COC. The molecule has 84 valence electrons. The number of benzene rings is 1. The highest BCUT2D eigenvalue weighted by molar-refractivity contribution is 9.11. The molecule has 0 bridgehead atoms. The fourth-order valence-corrected chi connectivity index (χ4v) is 2.58. The van der Waals surface area contributed by atoms with Crippen LogP contribution in [0.15, 0.2) is 21.1 Å². The molecular weight excluding hydrogens is 328 g/mol. The minimum Gasteiger partial charge on any atom is -0.466 e. The van der Waals surface area contributed by atoms with E-state index in [-0.39, 0.29) is 6.79 Å². The molecule has 5 heteroatoms. The zero-order valence-corrected chi connectivity index (χ0v) is 11.7. The van der Waals surface area contributed by atoms with Gasteiger partial charge in [-0.05, 0) is 28.1 Å². The van der Waals surface area contributed by atoms with Gasteiger partial charge in [-0.1, -0.05) is 15.9 Å². The predicted molar refractivity (Wildman–Crippen MR) is 65.1 cm³/mol. The molecular formula is C10H12Br2O3. The van der Waals surface area contributed by atoms with E-state index in [1.807, 2.05) is 12.1 Å². The van der Waals surface area contributed by atoms with Crippen molar-refractivity contribution in [3.8, 4) is 5.75 Å².